The number of rotatable bonds is 2. The van der Waals surface area contributed by atoms with Crippen molar-refractivity contribution in [1.82, 2.24) is 0 Å². The van der Waals surface area contributed by atoms with Crippen LogP contribution in [0.15, 0.2) is 53.5 Å². The minimum atomic E-state index is 0.0462. The molecule has 0 aromatic heterocycles. The zero-order valence-electron chi connectivity index (χ0n) is 12.4. The van der Waals surface area contributed by atoms with Crippen LogP contribution in [-0.2, 0) is 5.41 Å². The van der Waals surface area contributed by atoms with E-state index in [0.717, 1.165) is 11.3 Å². The number of nitrogens with zero attached hydrogens (tertiary/aromatic N) is 1. The van der Waals surface area contributed by atoms with Crippen LogP contribution in [0.4, 0.5) is 5.69 Å². The summed E-state index contributed by atoms with van der Waals surface area (Å²) in [7, 11) is 0. The minimum absolute atomic E-state index is 0.0462. The van der Waals surface area contributed by atoms with Crippen LogP contribution in [0.5, 0.6) is 0 Å². The van der Waals surface area contributed by atoms with Crippen molar-refractivity contribution in [2.45, 2.75) is 33.1 Å². The van der Waals surface area contributed by atoms with Crippen LogP contribution in [0.2, 0.25) is 0 Å². The second-order valence-electron chi connectivity index (χ2n) is 6.04. The molecule has 2 aromatic rings. The molecule has 0 aliphatic carbocycles. The van der Waals surface area contributed by atoms with Crippen LogP contribution in [0.3, 0.4) is 0 Å². The summed E-state index contributed by atoms with van der Waals surface area (Å²) in [5, 5.41) is 0.529. The Morgan fingerprint density at radius 2 is 1.55 bits per heavy atom. The summed E-state index contributed by atoms with van der Waals surface area (Å²) in [6, 6.07) is 16.2. The molecule has 0 spiro atoms. The first-order chi connectivity index (χ1) is 9.38. The second-order valence-corrected chi connectivity index (χ2v) is 6.39. The Hall–Kier alpha value is -1.60. The van der Waals surface area contributed by atoms with Crippen molar-refractivity contribution < 1.29 is 0 Å². The van der Waals surface area contributed by atoms with E-state index in [0.29, 0.717) is 5.17 Å². The van der Waals surface area contributed by atoms with E-state index in [-0.39, 0.29) is 5.41 Å². The summed E-state index contributed by atoms with van der Waals surface area (Å²) in [5.74, 6) is 0. The van der Waals surface area contributed by atoms with Crippen LogP contribution < -0.4 is 0 Å². The highest BCUT2D eigenvalue weighted by Gasteiger charge is 2.17. The Balaban J connectivity index is 2.43. The molecule has 0 aliphatic rings. The Morgan fingerprint density at radius 3 is 2.15 bits per heavy atom. The fourth-order valence-electron chi connectivity index (χ4n) is 2.07. The molecule has 104 valence electrons. The number of halogens is 1. The maximum Gasteiger partial charge on any atom is 0.136 e. The molecule has 1 nitrogen and oxygen atoms in total. The number of para-hydroxylation sites is 1. The minimum Gasteiger partial charge on any atom is -0.236 e. The molecule has 0 unspecified atom stereocenters. The highest BCUT2D eigenvalue weighted by Crippen LogP contribution is 2.31. The average molecular weight is 286 g/mol. The second kappa shape index (κ2) is 5.80. The molecular weight excluding hydrogens is 266 g/mol. The molecule has 0 saturated heterocycles. The van der Waals surface area contributed by atoms with Crippen molar-refractivity contribution >= 4 is 22.5 Å². The zero-order chi connectivity index (χ0) is 14.8. The molecule has 2 heteroatoms. The molecule has 0 radical (unpaired) electrons. The van der Waals surface area contributed by atoms with Gasteiger partial charge < -0.3 is 0 Å². The molecular formula is C18H20ClN. The molecule has 0 aliphatic heterocycles. The van der Waals surface area contributed by atoms with E-state index in [1.54, 1.807) is 0 Å². The number of benzene rings is 2. The maximum absolute atomic E-state index is 6.37. The molecule has 0 atom stereocenters. The van der Waals surface area contributed by atoms with Gasteiger partial charge in [0.05, 0.1) is 5.69 Å². The van der Waals surface area contributed by atoms with Crippen LogP contribution in [-0.4, -0.2) is 5.17 Å². The van der Waals surface area contributed by atoms with Gasteiger partial charge in [0.25, 0.3) is 0 Å². The van der Waals surface area contributed by atoms with E-state index in [1.165, 1.54) is 11.1 Å². The number of aliphatic imine (C=N–C) groups is 1. The molecule has 0 heterocycles. The third-order valence-electron chi connectivity index (χ3n) is 3.22. The predicted molar refractivity (Wildman–Crippen MR) is 88.4 cm³/mol. The van der Waals surface area contributed by atoms with Gasteiger partial charge in [-0.25, -0.2) is 4.99 Å². The van der Waals surface area contributed by atoms with Gasteiger partial charge in [0.15, 0.2) is 0 Å². The normalized spacial score (nSPS) is 12.6. The molecule has 2 aromatic carbocycles. The van der Waals surface area contributed by atoms with Gasteiger partial charge in [-0.3, -0.25) is 0 Å². The summed E-state index contributed by atoms with van der Waals surface area (Å²) in [6.45, 7) is 8.60. The fraction of sp³-hybridized carbons (Fsp3) is 0.278. The number of hydrogen-bond donors (Lipinski definition) is 0. The van der Waals surface area contributed by atoms with Gasteiger partial charge >= 0.3 is 0 Å². The average Bonchev–Trinajstić information content (AvgIpc) is 2.38. The van der Waals surface area contributed by atoms with E-state index in [1.807, 2.05) is 42.5 Å². The Morgan fingerprint density at radius 1 is 0.950 bits per heavy atom. The summed E-state index contributed by atoms with van der Waals surface area (Å²) in [6.07, 6.45) is 0. The van der Waals surface area contributed by atoms with E-state index >= 15 is 0 Å². The SMILES string of the molecule is Cc1ccc(/C(Cl)=N\c2ccccc2C(C)(C)C)cc1. The van der Waals surface area contributed by atoms with Crippen molar-refractivity contribution in [3.63, 3.8) is 0 Å². The Bertz CT molecular complexity index is 619. The van der Waals surface area contributed by atoms with Crippen molar-refractivity contribution in [2.24, 2.45) is 4.99 Å². The molecule has 0 bridgehead atoms. The van der Waals surface area contributed by atoms with Gasteiger partial charge in [-0.05, 0) is 24.0 Å². The quantitative estimate of drug-likeness (QED) is 0.636. The van der Waals surface area contributed by atoms with Gasteiger partial charge in [0, 0.05) is 5.56 Å². The lowest BCUT2D eigenvalue weighted by molar-refractivity contribution is 0.591. The van der Waals surface area contributed by atoms with Crippen molar-refractivity contribution in [3.8, 4) is 0 Å². The highest BCUT2D eigenvalue weighted by atomic mass is 35.5. The lowest BCUT2D eigenvalue weighted by Gasteiger charge is -2.21. The standard InChI is InChI=1S/C18H20ClN/c1-13-9-11-14(12-10-13)17(19)20-16-8-6-5-7-15(16)18(2,3)4/h5-12H,1-4H3/b20-17+. The van der Waals surface area contributed by atoms with Crippen LogP contribution >= 0.6 is 11.6 Å². The molecule has 2 rings (SSSR count). The monoisotopic (exact) mass is 285 g/mol. The van der Waals surface area contributed by atoms with E-state index in [2.05, 4.69) is 38.8 Å². The lowest BCUT2D eigenvalue weighted by atomic mass is 9.86. The Kier molecular flexibility index (Phi) is 4.29. The third kappa shape index (κ3) is 3.49. The first kappa shape index (κ1) is 14.8. The summed E-state index contributed by atoms with van der Waals surface area (Å²) in [5.41, 5.74) is 4.34. The van der Waals surface area contributed by atoms with E-state index in [9.17, 15) is 0 Å². The van der Waals surface area contributed by atoms with Gasteiger partial charge in [-0.1, -0.05) is 80.4 Å². The third-order valence-corrected chi connectivity index (χ3v) is 3.52. The van der Waals surface area contributed by atoms with Gasteiger partial charge in [0.2, 0.25) is 0 Å². The topological polar surface area (TPSA) is 12.4 Å². The van der Waals surface area contributed by atoms with Crippen molar-refractivity contribution in [3.05, 3.63) is 65.2 Å². The largest absolute Gasteiger partial charge is 0.236 e. The van der Waals surface area contributed by atoms with E-state index < -0.39 is 0 Å². The summed E-state index contributed by atoms with van der Waals surface area (Å²) < 4.78 is 0. The smallest absolute Gasteiger partial charge is 0.136 e. The van der Waals surface area contributed by atoms with Crippen LogP contribution in [0, 0.1) is 6.92 Å². The predicted octanol–water partition coefficient (Wildman–Crippen LogP) is 5.61. The van der Waals surface area contributed by atoms with Crippen LogP contribution in [0.25, 0.3) is 0 Å². The highest BCUT2D eigenvalue weighted by molar-refractivity contribution is 6.69. The maximum atomic E-state index is 6.37. The molecule has 0 fully saturated rings. The van der Waals surface area contributed by atoms with Gasteiger partial charge in [-0.15, -0.1) is 0 Å². The number of hydrogen-bond acceptors (Lipinski definition) is 1. The van der Waals surface area contributed by atoms with Gasteiger partial charge in [-0.2, -0.15) is 0 Å². The first-order valence-corrected chi connectivity index (χ1v) is 7.16. The van der Waals surface area contributed by atoms with Crippen molar-refractivity contribution in [1.29, 1.82) is 0 Å². The van der Waals surface area contributed by atoms with Gasteiger partial charge in [0.1, 0.15) is 5.17 Å². The zero-order valence-corrected chi connectivity index (χ0v) is 13.2. The lowest BCUT2D eigenvalue weighted by Crippen LogP contribution is -2.11. The summed E-state index contributed by atoms with van der Waals surface area (Å²) in [4.78, 5) is 4.61. The molecule has 0 N–H and O–H groups in total. The first-order valence-electron chi connectivity index (χ1n) is 6.78. The fourth-order valence-corrected chi connectivity index (χ4v) is 2.28. The van der Waals surface area contributed by atoms with Crippen LogP contribution in [0.1, 0.15) is 37.5 Å². The molecule has 20 heavy (non-hydrogen) atoms. The van der Waals surface area contributed by atoms with Crippen molar-refractivity contribution in [2.75, 3.05) is 0 Å². The molecule has 0 amide bonds. The molecule has 0 saturated carbocycles. The Labute approximate surface area is 126 Å². The van der Waals surface area contributed by atoms with E-state index in [4.69, 9.17) is 11.6 Å². The summed E-state index contributed by atoms with van der Waals surface area (Å²) >= 11 is 6.37. The number of aryl methyl sites for hydroxylation is 1.